The Bertz CT molecular complexity index is 690. The minimum Gasteiger partial charge on any atom is -0.299 e. The van der Waals surface area contributed by atoms with Crippen LogP contribution in [0.3, 0.4) is 0 Å². The SMILES string of the molecule is CC(C)N1CCN(CCn2cnc3nccnc3c2=O)CC1. The molecule has 2 aromatic rings. The fourth-order valence-corrected chi connectivity index (χ4v) is 2.80. The highest BCUT2D eigenvalue weighted by Crippen LogP contribution is 2.05. The van der Waals surface area contributed by atoms with Crippen LogP contribution in [0.5, 0.6) is 0 Å². The first-order valence-corrected chi connectivity index (χ1v) is 7.77. The van der Waals surface area contributed by atoms with Gasteiger partial charge in [0, 0.05) is 57.7 Å². The van der Waals surface area contributed by atoms with Crippen LogP contribution in [-0.4, -0.2) is 68.1 Å². The lowest BCUT2D eigenvalue weighted by atomic mass is 10.2. The Balaban J connectivity index is 1.63. The van der Waals surface area contributed by atoms with E-state index >= 15 is 0 Å². The molecule has 0 unspecified atom stereocenters. The average Bonchev–Trinajstić information content (AvgIpc) is 2.55. The summed E-state index contributed by atoms with van der Waals surface area (Å²) < 4.78 is 1.63. The van der Waals surface area contributed by atoms with E-state index in [1.54, 1.807) is 17.1 Å². The molecule has 0 aliphatic carbocycles. The summed E-state index contributed by atoms with van der Waals surface area (Å²) in [7, 11) is 0. The van der Waals surface area contributed by atoms with Crippen molar-refractivity contribution in [3.8, 4) is 0 Å². The number of hydrogen-bond acceptors (Lipinski definition) is 6. The second-order valence-electron chi connectivity index (χ2n) is 5.94. The van der Waals surface area contributed by atoms with Gasteiger partial charge in [-0.2, -0.15) is 0 Å². The van der Waals surface area contributed by atoms with E-state index < -0.39 is 0 Å². The number of hydrogen-bond donors (Lipinski definition) is 0. The molecule has 0 saturated carbocycles. The van der Waals surface area contributed by atoms with E-state index in [4.69, 9.17) is 0 Å². The van der Waals surface area contributed by atoms with Crippen LogP contribution in [0, 0.1) is 0 Å². The van der Waals surface area contributed by atoms with Crippen molar-refractivity contribution in [2.45, 2.75) is 26.4 Å². The molecule has 22 heavy (non-hydrogen) atoms. The minimum absolute atomic E-state index is 0.112. The molecule has 0 N–H and O–H groups in total. The van der Waals surface area contributed by atoms with Gasteiger partial charge in [0.05, 0.1) is 0 Å². The lowest BCUT2D eigenvalue weighted by Crippen LogP contribution is -2.49. The molecule has 0 radical (unpaired) electrons. The molecular weight excluding hydrogens is 280 g/mol. The van der Waals surface area contributed by atoms with Crippen LogP contribution in [0.1, 0.15) is 13.8 Å². The molecule has 3 heterocycles. The minimum atomic E-state index is -0.112. The summed E-state index contributed by atoms with van der Waals surface area (Å²) in [6.07, 6.45) is 4.65. The van der Waals surface area contributed by atoms with Gasteiger partial charge in [-0.05, 0) is 13.8 Å². The first-order chi connectivity index (χ1) is 10.6. The van der Waals surface area contributed by atoms with Crippen molar-refractivity contribution in [2.24, 2.45) is 0 Å². The Kier molecular flexibility index (Phi) is 4.44. The summed E-state index contributed by atoms with van der Waals surface area (Å²) in [5.74, 6) is 0. The predicted octanol–water partition coefficient (Wildman–Crippen LogP) is 0.212. The first kappa shape index (κ1) is 15.1. The van der Waals surface area contributed by atoms with Gasteiger partial charge >= 0.3 is 0 Å². The number of fused-ring (bicyclic) bond motifs is 1. The molecule has 2 aromatic heterocycles. The highest BCUT2D eigenvalue weighted by molar-refractivity contribution is 5.66. The van der Waals surface area contributed by atoms with Crippen LogP contribution in [0.2, 0.25) is 0 Å². The highest BCUT2D eigenvalue weighted by atomic mass is 16.1. The van der Waals surface area contributed by atoms with Crippen molar-refractivity contribution in [2.75, 3.05) is 32.7 Å². The van der Waals surface area contributed by atoms with Crippen LogP contribution >= 0.6 is 0 Å². The number of nitrogens with zero attached hydrogens (tertiary/aromatic N) is 6. The van der Waals surface area contributed by atoms with Crippen LogP contribution < -0.4 is 5.56 Å². The van der Waals surface area contributed by atoms with Crippen molar-refractivity contribution >= 4 is 11.2 Å². The smallest absolute Gasteiger partial charge is 0.281 e. The molecule has 1 aliphatic rings. The van der Waals surface area contributed by atoms with Gasteiger partial charge in [0.25, 0.3) is 5.56 Å². The van der Waals surface area contributed by atoms with Crippen LogP contribution in [-0.2, 0) is 6.54 Å². The highest BCUT2D eigenvalue weighted by Gasteiger charge is 2.18. The maximum absolute atomic E-state index is 12.3. The van der Waals surface area contributed by atoms with Crippen LogP contribution in [0.15, 0.2) is 23.5 Å². The standard InChI is InChI=1S/C15H22N6O/c1-12(2)20-8-5-19(6-9-20)7-10-21-11-18-14-13(15(21)22)16-3-4-17-14/h3-4,11-12H,5-10H2,1-2H3. The molecule has 118 valence electrons. The molecule has 1 saturated heterocycles. The van der Waals surface area contributed by atoms with Gasteiger partial charge in [-0.1, -0.05) is 0 Å². The molecule has 1 fully saturated rings. The Morgan fingerprint density at radius 1 is 1.05 bits per heavy atom. The summed E-state index contributed by atoms with van der Waals surface area (Å²) >= 11 is 0. The summed E-state index contributed by atoms with van der Waals surface area (Å²) in [5, 5.41) is 0. The molecule has 1 aliphatic heterocycles. The van der Waals surface area contributed by atoms with E-state index in [-0.39, 0.29) is 5.56 Å². The zero-order valence-electron chi connectivity index (χ0n) is 13.1. The Morgan fingerprint density at radius 3 is 2.50 bits per heavy atom. The zero-order chi connectivity index (χ0) is 15.5. The summed E-state index contributed by atoms with van der Waals surface area (Å²) in [6.45, 7) is 10.2. The van der Waals surface area contributed by atoms with E-state index in [0.717, 1.165) is 32.7 Å². The first-order valence-electron chi connectivity index (χ1n) is 7.77. The molecule has 7 nitrogen and oxygen atoms in total. The summed E-state index contributed by atoms with van der Waals surface area (Å²) in [6, 6.07) is 0.605. The van der Waals surface area contributed by atoms with Gasteiger partial charge in [0.1, 0.15) is 6.33 Å². The van der Waals surface area contributed by atoms with E-state index in [1.165, 1.54) is 6.20 Å². The summed E-state index contributed by atoms with van der Waals surface area (Å²) in [5.41, 5.74) is 0.642. The quantitative estimate of drug-likeness (QED) is 0.804. The molecule has 7 heteroatoms. The van der Waals surface area contributed by atoms with Crippen molar-refractivity contribution in [3.05, 3.63) is 29.1 Å². The fourth-order valence-electron chi connectivity index (χ4n) is 2.80. The van der Waals surface area contributed by atoms with Crippen molar-refractivity contribution < 1.29 is 0 Å². The van der Waals surface area contributed by atoms with E-state index in [9.17, 15) is 4.79 Å². The lowest BCUT2D eigenvalue weighted by molar-refractivity contribution is 0.106. The normalized spacial score (nSPS) is 17.4. The Morgan fingerprint density at radius 2 is 1.77 bits per heavy atom. The van der Waals surface area contributed by atoms with Crippen LogP contribution in [0.4, 0.5) is 0 Å². The molecular formula is C15H22N6O. The second kappa shape index (κ2) is 6.50. The monoisotopic (exact) mass is 302 g/mol. The Hall–Kier alpha value is -1.86. The lowest BCUT2D eigenvalue weighted by Gasteiger charge is -2.36. The van der Waals surface area contributed by atoms with Crippen molar-refractivity contribution in [1.29, 1.82) is 0 Å². The molecule has 0 bridgehead atoms. The molecule has 0 aromatic carbocycles. The topological polar surface area (TPSA) is 67.2 Å². The zero-order valence-corrected chi connectivity index (χ0v) is 13.1. The third kappa shape index (κ3) is 3.15. The van der Waals surface area contributed by atoms with Crippen LogP contribution in [0.25, 0.3) is 11.2 Å². The fraction of sp³-hybridized carbons (Fsp3) is 0.600. The average molecular weight is 302 g/mol. The van der Waals surface area contributed by atoms with Gasteiger partial charge in [-0.3, -0.25) is 19.2 Å². The second-order valence-corrected chi connectivity index (χ2v) is 5.94. The molecule has 0 amide bonds. The molecule has 0 atom stereocenters. The van der Waals surface area contributed by atoms with E-state index in [2.05, 4.69) is 38.6 Å². The number of aromatic nitrogens is 4. The maximum Gasteiger partial charge on any atom is 0.281 e. The number of rotatable bonds is 4. The van der Waals surface area contributed by atoms with Crippen molar-refractivity contribution in [3.63, 3.8) is 0 Å². The maximum atomic E-state index is 12.3. The largest absolute Gasteiger partial charge is 0.299 e. The van der Waals surface area contributed by atoms with Gasteiger partial charge < -0.3 is 0 Å². The Labute approximate surface area is 129 Å². The summed E-state index contributed by atoms with van der Waals surface area (Å²) in [4.78, 5) is 29.6. The molecule has 0 spiro atoms. The van der Waals surface area contributed by atoms with Gasteiger partial charge in [-0.25, -0.2) is 15.0 Å². The predicted molar refractivity (Wildman–Crippen MR) is 84.7 cm³/mol. The van der Waals surface area contributed by atoms with E-state index in [1.807, 2.05) is 0 Å². The third-order valence-electron chi connectivity index (χ3n) is 4.26. The van der Waals surface area contributed by atoms with Gasteiger partial charge in [-0.15, -0.1) is 0 Å². The van der Waals surface area contributed by atoms with Gasteiger partial charge in [0.15, 0.2) is 11.2 Å². The van der Waals surface area contributed by atoms with Crippen molar-refractivity contribution in [1.82, 2.24) is 29.3 Å². The third-order valence-corrected chi connectivity index (χ3v) is 4.26. The van der Waals surface area contributed by atoms with Gasteiger partial charge in [0.2, 0.25) is 0 Å². The molecule has 3 rings (SSSR count). The van der Waals surface area contributed by atoms with E-state index in [0.29, 0.717) is 23.8 Å². The number of piperazine rings is 1.